The average Bonchev–Trinajstić information content (AvgIpc) is 1.86. The molecule has 3 heteroatoms. The van der Waals surface area contributed by atoms with Gasteiger partial charge in [-0.25, -0.2) is 0 Å². The molecule has 1 nitrogen and oxygen atoms in total. The first kappa shape index (κ1) is 7.76. The van der Waals surface area contributed by atoms with Gasteiger partial charge in [-0.15, -0.1) is 12.0 Å². The largest absolute Gasteiger partial charge is 0.533 e. The van der Waals surface area contributed by atoms with E-state index < -0.39 is 0 Å². The van der Waals surface area contributed by atoms with Crippen LogP contribution in [0.2, 0.25) is 0 Å². The van der Waals surface area contributed by atoms with Gasteiger partial charge >= 0.3 is 0 Å². The molecule has 45 valence electrons. The van der Waals surface area contributed by atoms with Crippen LogP contribution in [-0.4, -0.2) is 6.61 Å². The summed E-state index contributed by atoms with van der Waals surface area (Å²) < 4.78 is 4.83. The van der Waals surface area contributed by atoms with Gasteiger partial charge in [0.1, 0.15) is 0 Å². The van der Waals surface area contributed by atoms with Crippen LogP contribution < -0.4 is 0 Å². The van der Waals surface area contributed by atoms with E-state index >= 15 is 0 Å². The summed E-state index contributed by atoms with van der Waals surface area (Å²) in [5, 5.41) is 0. The van der Waals surface area contributed by atoms with Gasteiger partial charge in [0.05, 0.1) is 0 Å². The van der Waals surface area contributed by atoms with Crippen molar-refractivity contribution in [2.75, 3.05) is 6.61 Å². The molecule has 0 aliphatic carbocycles. The number of ether oxygens (including phenoxy) is 1. The minimum atomic E-state index is 0. The van der Waals surface area contributed by atoms with E-state index in [1.165, 1.54) is 0 Å². The van der Waals surface area contributed by atoms with Crippen LogP contribution >= 0.6 is 11.6 Å². The first-order valence-corrected chi connectivity index (χ1v) is 2.41. The topological polar surface area (TPSA) is 9.23 Å². The summed E-state index contributed by atoms with van der Waals surface area (Å²) in [5.41, 5.74) is 0.676. The van der Waals surface area contributed by atoms with Crippen LogP contribution in [0.4, 0.5) is 0 Å². The maximum absolute atomic E-state index is 5.41. The smallest absolute Gasteiger partial charge is 0.0100 e. The van der Waals surface area contributed by atoms with Gasteiger partial charge in [-0.05, 0) is 0 Å². The molecule has 7 heavy (non-hydrogen) atoms. The molecule has 0 bridgehead atoms. The van der Waals surface area contributed by atoms with Gasteiger partial charge in [-0.1, -0.05) is 6.42 Å². The van der Waals surface area contributed by atoms with Crippen molar-refractivity contribution in [1.82, 2.24) is 0 Å². The summed E-state index contributed by atoms with van der Waals surface area (Å²) in [6.45, 7) is 0.818. The Hall–Kier alpha value is 0.756. The van der Waals surface area contributed by atoms with Gasteiger partial charge < -0.3 is 16.3 Å². The monoisotopic (exact) mass is 164 g/mol. The van der Waals surface area contributed by atoms with Crippen molar-refractivity contribution in [3.63, 3.8) is 0 Å². The quantitative estimate of drug-likeness (QED) is 0.494. The van der Waals surface area contributed by atoms with Crippen LogP contribution in [0.25, 0.3) is 0 Å². The van der Waals surface area contributed by atoms with Crippen molar-refractivity contribution in [3.05, 3.63) is 5.56 Å². The molecule has 1 heterocycles. The molecule has 0 amide bonds. The zero-order valence-corrected chi connectivity index (χ0v) is 5.54. The molecule has 0 aromatic heterocycles. The maximum Gasteiger partial charge on any atom is 0.0100 e. The van der Waals surface area contributed by atoms with Crippen molar-refractivity contribution in [3.8, 4) is 0 Å². The van der Waals surface area contributed by atoms with Crippen LogP contribution in [0.15, 0.2) is 0 Å². The van der Waals surface area contributed by atoms with Crippen molar-refractivity contribution >= 4 is 11.6 Å². The van der Waals surface area contributed by atoms with E-state index in [-0.39, 0.29) is 16.8 Å². The van der Waals surface area contributed by atoms with E-state index in [1.54, 1.807) is 0 Å². The Morgan fingerprint density at radius 3 is 2.43 bits per heavy atom. The van der Waals surface area contributed by atoms with E-state index in [4.69, 9.17) is 16.3 Å². The third kappa shape index (κ3) is 2.54. The second-order valence-electron chi connectivity index (χ2n) is 1.31. The molecule has 1 fully saturated rings. The van der Waals surface area contributed by atoms with Gasteiger partial charge in [0, 0.05) is 23.4 Å². The fourth-order valence-electron chi connectivity index (χ4n) is 0.466. The molecule has 1 aliphatic rings. The minimum Gasteiger partial charge on any atom is -0.533 e. The fourth-order valence-corrected chi connectivity index (χ4v) is 0.677. The molecule has 1 aliphatic heterocycles. The Bertz CT molecular complexity index is 45.0. The van der Waals surface area contributed by atoms with E-state index in [0.29, 0.717) is 5.56 Å². The second-order valence-corrected chi connectivity index (χ2v) is 1.73. The molecule has 0 aromatic carbocycles. The maximum atomic E-state index is 5.41. The van der Waals surface area contributed by atoms with Gasteiger partial charge in [0.2, 0.25) is 0 Å². The molecule has 0 aromatic rings. The third-order valence-electron chi connectivity index (χ3n) is 0.776. The van der Waals surface area contributed by atoms with Crippen molar-refractivity contribution in [2.45, 2.75) is 12.8 Å². The molecule has 1 radical (unpaired) electrons. The normalized spacial score (nSPS) is 21.9. The van der Waals surface area contributed by atoms with E-state index in [1.807, 2.05) is 0 Å². The molecular formula is C4H6ClCoO-. The Morgan fingerprint density at radius 1 is 1.57 bits per heavy atom. The number of hydrogen-bond acceptors (Lipinski definition) is 1. The van der Waals surface area contributed by atoms with E-state index in [0.717, 1.165) is 19.4 Å². The van der Waals surface area contributed by atoms with Crippen molar-refractivity contribution < 1.29 is 21.5 Å². The van der Waals surface area contributed by atoms with Crippen LogP contribution in [0.1, 0.15) is 12.8 Å². The summed E-state index contributed by atoms with van der Waals surface area (Å²) in [6.07, 6.45) is 2.04. The van der Waals surface area contributed by atoms with Crippen LogP contribution in [-0.2, 0) is 21.5 Å². The third-order valence-corrected chi connectivity index (χ3v) is 1.07. The molecule has 0 unspecified atom stereocenters. The SMILES string of the molecule is Cl[C-]1CCCO1.[Co]. The number of hydrogen-bond donors (Lipinski definition) is 0. The predicted octanol–water partition coefficient (Wildman–Crippen LogP) is 1.52. The Labute approximate surface area is 58.6 Å². The van der Waals surface area contributed by atoms with Gasteiger partial charge in [-0.3, -0.25) is 0 Å². The summed E-state index contributed by atoms with van der Waals surface area (Å²) in [6, 6.07) is 0. The summed E-state index contributed by atoms with van der Waals surface area (Å²) in [5.74, 6) is 0. The van der Waals surface area contributed by atoms with Gasteiger partial charge in [0.25, 0.3) is 0 Å². The minimum absolute atomic E-state index is 0. The van der Waals surface area contributed by atoms with Crippen molar-refractivity contribution in [2.24, 2.45) is 0 Å². The first-order valence-electron chi connectivity index (χ1n) is 2.04. The fraction of sp³-hybridized carbons (Fsp3) is 0.750. The summed E-state index contributed by atoms with van der Waals surface area (Å²) in [4.78, 5) is 0. The summed E-state index contributed by atoms with van der Waals surface area (Å²) >= 11 is 5.41. The first-order chi connectivity index (χ1) is 2.89. The zero-order chi connectivity index (χ0) is 4.41. The number of halogens is 1. The van der Waals surface area contributed by atoms with Gasteiger partial charge in [-0.2, -0.15) is 0 Å². The van der Waals surface area contributed by atoms with Crippen molar-refractivity contribution in [1.29, 1.82) is 0 Å². The molecule has 0 N–H and O–H groups in total. The Balaban J connectivity index is 0.000000360. The summed E-state index contributed by atoms with van der Waals surface area (Å²) in [7, 11) is 0. The average molecular weight is 164 g/mol. The zero-order valence-electron chi connectivity index (χ0n) is 3.74. The van der Waals surface area contributed by atoms with E-state index in [2.05, 4.69) is 0 Å². The van der Waals surface area contributed by atoms with Crippen LogP contribution in [0, 0.1) is 5.56 Å². The Morgan fingerprint density at radius 2 is 2.29 bits per heavy atom. The molecule has 0 atom stereocenters. The molecular weight excluding hydrogens is 158 g/mol. The standard InChI is InChI=1S/C4H6ClO.Co/c5-4-2-1-3-6-4;/h1-3H2;/q-1;. The van der Waals surface area contributed by atoms with Crippen LogP contribution in [0.5, 0.6) is 0 Å². The molecule has 1 saturated heterocycles. The predicted molar refractivity (Wildman–Crippen MR) is 24.3 cm³/mol. The number of rotatable bonds is 0. The van der Waals surface area contributed by atoms with E-state index in [9.17, 15) is 0 Å². The Kier molecular flexibility index (Phi) is 4.12. The molecule has 0 saturated carbocycles. The van der Waals surface area contributed by atoms with Gasteiger partial charge in [0.15, 0.2) is 0 Å². The molecule has 0 spiro atoms. The molecule has 1 rings (SSSR count). The second kappa shape index (κ2) is 3.72. The van der Waals surface area contributed by atoms with Crippen LogP contribution in [0.3, 0.4) is 0 Å².